The van der Waals surface area contributed by atoms with Crippen molar-refractivity contribution in [3.8, 4) is 34.5 Å². The molecule has 170 valence electrons. The van der Waals surface area contributed by atoms with E-state index < -0.39 is 0 Å². The zero-order valence-corrected chi connectivity index (χ0v) is 19.5. The summed E-state index contributed by atoms with van der Waals surface area (Å²) < 4.78 is 39.7. The van der Waals surface area contributed by atoms with Crippen LogP contribution in [0.3, 0.4) is 0 Å². The monoisotopic (exact) mass is 432 g/mol. The molecule has 0 amide bonds. The predicted octanol–water partition coefficient (Wildman–Crippen LogP) is 4.62. The fourth-order valence-electron chi connectivity index (χ4n) is 4.54. The number of ether oxygens (including phenoxy) is 7. The van der Waals surface area contributed by atoms with E-state index in [0.717, 1.165) is 16.9 Å². The van der Waals surface area contributed by atoms with Crippen molar-refractivity contribution in [1.29, 1.82) is 0 Å². The number of benzene rings is 2. The van der Waals surface area contributed by atoms with E-state index in [1.807, 2.05) is 24.3 Å². The molecule has 0 bridgehead atoms. The molecule has 7 heteroatoms. The molecule has 2 aromatic carbocycles. The van der Waals surface area contributed by atoms with Crippen molar-refractivity contribution in [1.82, 2.24) is 0 Å². The van der Waals surface area contributed by atoms with E-state index in [1.54, 1.807) is 42.7 Å². The smallest absolute Gasteiger partial charge is 0.164 e. The Hall–Kier alpha value is -2.80. The molecule has 1 heterocycles. The van der Waals surface area contributed by atoms with Crippen molar-refractivity contribution >= 4 is 0 Å². The Morgan fingerprint density at radius 1 is 0.548 bits per heavy atom. The average molecular weight is 433 g/mol. The van der Waals surface area contributed by atoms with Gasteiger partial charge in [0.1, 0.15) is 11.5 Å². The molecule has 0 saturated carbocycles. The molecule has 1 fully saturated rings. The first-order chi connectivity index (χ1) is 14.9. The Kier molecular flexibility index (Phi) is 7.05. The zero-order valence-electron chi connectivity index (χ0n) is 19.5. The van der Waals surface area contributed by atoms with E-state index in [-0.39, 0.29) is 24.0 Å². The molecule has 0 N–H and O–H groups in total. The first-order valence-corrected chi connectivity index (χ1v) is 10.2. The van der Waals surface area contributed by atoms with Gasteiger partial charge in [0.25, 0.3) is 0 Å². The molecule has 0 unspecified atom stereocenters. The molecule has 2 aromatic rings. The first kappa shape index (κ1) is 22.9. The maximum atomic E-state index is 6.47. The zero-order chi connectivity index (χ0) is 22.7. The van der Waals surface area contributed by atoms with Crippen LogP contribution in [0.1, 0.15) is 37.0 Å². The van der Waals surface area contributed by atoms with E-state index in [0.29, 0.717) is 28.7 Å². The third-order valence-electron chi connectivity index (χ3n) is 6.05. The molecule has 7 nitrogen and oxygen atoms in total. The maximum Gasteiger partial charge on any atom is 0.164 e. The van der Waals surface area contributed by atoms with E-state index in [9.17, 15) is 0 Å². The van der Waals surface area contributed by atoms with Gasteiger partial charge >= 0.3 is 0 Å². The lowest BCUT2D eigenvalue weighted by atomic mass is 9.81. The summed E-state index contributed by atoms with van der Waals surface area (Å²) in [5.41, 5.74) is 1.93. The molecule has 0 spiro atoms. The topological polar surface area (TPSA) is 64.6 Å². The van der Waals surface area contributed by atoms with Gasteiger partial charge in [0.15, 0.2) is 23.0 Å². The van der Waals surface area contributed by atoms with E-state index in [1.165, 1.54) is 0 Å². The van der Waals surface area contributed by atoms with Gasteiger partial charge in [0.05, 0.1) is 54.9 Å². The lowest BCUT2D eigenvalue weighted by Gasteiger charge is -2.24. The first-order valence-electron chi connectivity index (χ1n) is 10.2. The number of methoxy groups -OCH3 is 6. The van der Waals surface area contributed by atoms with Crippen molar-refractivity contribution in [2.45, 2.75) is 32.0 Å². The summed E-state index contributed by atoms with van der Waals surface area (Å²) in [5, 5.41) is 0. The van der Waals surface area contributed by atoms with Gasteiger partial charge in [-0.1, -0.05) is 6.92 Å². The highest BCUT2D eigenvalue weighted by atomic mass is 16.5. The molecular weight excluding hydrogens is 400 g/mol. The molecule has 3 rings (SSSR count). The Labute approximate surface area is 184 Å². The van der Waals surface area contributed by atoms with Gasteiger partial charge in [-0.15, -0.1) is 0 Å². The largest absolute Gasteiger partial charge is 0.496 e. The summed E-state index contributed by atoms with van der Waals surface area (Å²) in [6.45, 7) is 4.25. The average Bonchev–Trinajstić information content (AvgIpc) is 3.10. The van der Waals surface area contributed by atoms with Gasteiger partial charge in [0.2, 0.25) is 0 Å². The predicted molar refractivity (Wildman–Crippen MR) is 117 cm³/mol. The number of hydrogen-bond donors (Lipinski definition) is 0. The van der Waals surface area contributed by atoms with Gasteiger partial charge in [-0.05, 0) is 25.0 Å². The molecule has 31 heavy (non-hydrogen) atoms. The Bertz CT molecular complexity index is 911. The van der Waals surface area contributed by atoms with Crippen LogP contribution in [-0.2, 0) is 4.74 Å². The van der Waals surface area contributed by atoms with E-state index >= 15 is 0 Å². The Balaban J connectivity index is 2.06. The van der Waals surface area contributed by atoms with Crippen LogP contribution < -0.4 is 28.4 Å². The van der Waals surface area contributed by atoms with Crippen LogP contribution in [0.4, 0.5) is 0 Å². The Morgan fingerprint density at radius 2 is 0.935 bits per heavy atom. The molecule has 1 aliphatic rings. The van der Waals surface area contributed by atoms with Crippen molar-refractivity contribution < 1.29 is 33.2 Å². The molecule has 1 aliphatic heterocycles. The second-order valence-electron chi connectivity index (χ2n) is 7.54. The molecule has 1 saturated heterocycles. The fraction of sp³-hybridized carbons (Fsp3) is 0.500. The van der Waals surface area contributed by atoms with E-state index in [2.05, 4.69) is 13.8 Å². The molecule has 0 aliphatic carbocycles. The highest BCUT2D eigenvalue weighted by Gasteiger charge is 2.44. The van der Waals surface area contributed by atoms with Crippen LogP contribution in [0.2, 0.25) is 0 Å². The minimum atomic E-state index is -0.201. The highest BCUT2D eigenvalue weighted by Crippen LogP contribution is 2.53. The standard InChI is InChI=1S/C24H32O7/c1-13-23(15-9-19(27-5)21(29-7)11-17(15)25-3)14(2)31-24(13)16-10-20(28-6)22(30-8)12-18(16)26-4/h9-14,23-24H,1-8H3/t13-,14+,23-,24-/m0/s1. The lowest BCUT2D eigenvalue weighted by molar-refractivity contribution is 0.0415. The lowest BCUT2D eigenvalue weighted by Crippen LogP contribution is -2.16. The van der Waals surface area contributed by atoms with Crippen molar-refractivity contribution in [2.24, 2.45) is 5.92 Å². The van der Waals surface area contributed by atoms with Crippen LogP contribution in [0.25, 0.3) is 0 Å². The Morgan fingerprint density at radius 3 is 1.39 bits per heavy atom. The fourth-order valence-corrected chi connectivity index (χ4v) is 4.54. The molecule has 0 radical (unpaired) electrons. The summed E-state index contributed by atoms with van der Waals surface area (Å²) in [5.74, 6) is 4.15. The normalized spacial score (nSPS) is 22.7. The SMILES string of the molecule is COc1cc(OC)c([C@H]2[C@H](C)[C@@H](c3cc(OC)c(OC)cc3OC)O[C@@H]2C)cc1OC. The molecular formula is C24H32O7. The van der Waals surface area contributed by atoms with Gasteiger partial charge in [-0.3, -0.25) is 0 Å². The second kappa shape index (κ2) is 9.56. The van der Waals surface area contributed by atoms with Gasteiger partial charge < -0.3 is 33.2 Å². The van der Waals surface area contributed by atoms with Crippen molar-refractivity contribution in [2.75, 3.05) is 42.7 Å². The minimum absolute atomic E-state index is 0.0650. The van der Waals surface area contributed by atoms with Crippen LogP contribution in [0.15, 0.2) is 24.3 Å². The van der Waals surface area contributed by atoms with Crippen LogP contribution in [0, 0.1) is 5.92 Å². The minimum Gasteiger partial charge on any atom is -0.496 e. The summed E-state index contributed by atoms with van der Waals surface area (Å²) in [6.07, 6.45) is -0.266. The summed E-state index contributed by atoms with van der Waals surface area (Å²) in [6, 6.07) is 7.60. The van der Waals surface area contributed by atoms with Crippen molar-refractivity contribution in [3.63, 3.8) is 0 Å². The van der Waals surface area contributed by atoms with Crippen LogP contribution in [-0.4, -0.2) is 48.8 Å². The van der Waals surface area contributed by atoms with Gasteiger partial charge in [-0.25, -0.2) is 0 Å². The summed E-state index contributed by atoms with van der Waals surface area (Å²) in [7, 11) is 9.76. The number of rotatable bonds is 8. The third kappa shape index (κ3) is 4.06. The van der Waals surface area contributed by atoms with E-state index in [4.69, 9.17) is 33.2 Å². The number of hydrogen-bond acceptors (Lipinski definition) is 7. The highest BCUT2D eigenvalue weighted by molar-refractivity contribution is 5.54. The quantitative estimate of drug-likeness (QED) is 0.603. The summed E-state index contributed by atoms with van der Waals surface area (Å²) in [4.78, 5) is 0. The van der Waals surface area contributed by atoms with Gasteiger partial charge in [0, 0.05) is 29.2 Å². The maximum absolute atomic E-state index is 6.47. The van der Waals surface area contributed by atoms with Crippen LogP contribution in [0.5, 0.6) is 34.5 Å². The third-order valence-corrected chi connectivity index (χ3v) is 6.05. The van der Waals surface area contributed by atoms with Crippen molar-refractivity contribution in [3.05, 3.63) is 35.4 Å². The molecule has 0 aromatic heterocycles. The summed E-state index contributed by atoms with van der Waals surface area (Å²) >= 11 is 0. The van der Waals surface area contributed by atoms with Gasteiger partial charge in [-0.2, -0.15) is 0 Å². The second-order valence-corrected chi connectivity index (χ2v) is 7.54. The molecule has 4 atom stereocenters. The van der Waals surface area contributed by atoms with Crippen LogP contribution >= 0.6 is 0 Å².